The molecule has 40 heavy (non-hydrogen) atoms. The maximum atomic E-state index is 7.00. The third-order valence-corrected chi connectivity index (χ3v) is 3.76. The van der Waals surface area contributed by atoms with E-state index in [0.29, 0.717) is 0 Å². The topological polar surface area (TPSA) is 43.7 Å². The monoisotopic (exact) mass is 551 g/mol. The first-order valence-corrected chi connectivity index (χ1v) is 14.4. The fourth-order valence-electron chi connectivity index (χ4n) is 2.52. The number of hydrogen-bond donors (Lipinski definition) is 2. The number of hydrogen-bond acceptors (Lipinski definition) is 3. The maximum Gasteiger partial charge on any atom is 0.0319 e. The molecule has 2 N–H and O–H groups in total. The summed E-state index contributed by atoms with van der Waals surface area (Å²) in [6, 6.07) is 41.6. The number of nitrogens with zero attached hydrogens (tertiary/aromatic N) is 1. The van der Waals surface area contributed by atoms with Crippen LogP contribution in [0.1, 0.15) is 55.4 Å². The molecule has 4 aromatic carbocycles. The summed E-state index contributed by atoms with van der Waals surface area (Å²) in [4.78, 5) is 2.00. The first-order valence-electron chi connectivity index (χ1n) is 14.4. The molecule has 0 aromatic heterocycles. The standard InChI is InChI=1S/2C12H10.C3H9N.4C2H6.2CH4O/c2*1-3-7-11(8-4-1)12-9-5-2-6-10-12;1-4(2)3;6*1-2/h2*1-10H;1-3H3;4*1-2H3;2*2H,1H3. The first kappa shape index (κ1) is 46.6. The lowest BCUT2D eigenvalue weighted by molar-refractivity contribution is 0.399. The second-order valence-corrected chi connectivity index (χ2v) is 6.81. The minimum atomic E-state index is 1.00. The Bertz CT molecular complexity index is 729. The average Bonchev–Trinajstić information content (AvgIpc) is 3.08. The summed E-state index contributed by atoms with van der Waals surface area (Å²) in [7, 11) is 8.00. The molecule has 0 heterocycles. The normalized spacial score (nSPS) is 7.60. The van der Waals surface area contributed by atoms with E-state index >= 15 is 0 Å². The molecule has 0 atom stereocenters. The highest BCUT2D eigenvalue weighted by Crippen LogP contribution is 2.18. The van der Waals surface area contributed by atoms with E-state index in [0.717, 1.165) is 14.2 Å². The lowest BCUT2D eigenvalue weighted by Gasteiger charge is -1.98. The van der Waals surface area contributed by atoms with Crippen LogP contribution < -0.4 is 0 Å². The zero-order valence-electron chi connectivity index (χ0n) is 27.9. The first-order chi connectivity index (χ1) is 19.7. The van der Waals surface area contributed by atoms with Gasteiger partial charge in [0.2, 0.25) is 0 Å². The van der Waals surface area contributed by atoms with Crippen LogP contribution in [0, 0.1) is 0 Å². The van der Waals surface area contributed by atoms with Crippen LogP contribution >= 0.6 is 0 Å². The molecule has 0 aliphatic carbocycles. The van der Waals surface area contributed by atoms with Gasteiger partial charge in [-0.3, -0.25) is 0 Å². The van der Waals surface area contributed by atoms with Gasteiger partial charge in [0.05, 0.1) is 0 Å². The number of aliphatic hydroxyl groups is 2. The summed E-state index contributed by atoms with van der Waals surface area (Å²) in [5.74, 6) is 0. The highest BCUT2D eigenvalue weighted by Gasteiger charge is 1.92. The van der Waals surface area contributed by atoms with Crippen LogP contribution in [-0.4, -0.2) is 50.5 Å². The predicted molar refractivity (Wildman–Crippen MR) is 185 cm³/mol. The molecule has 0 unspecified atom stereocenters. The van der Waals surface area contributed by atoms with Gasteiger partial charge in [-0.05, 0) is 43.4 Å². The highest BCUT2D eigenvalue weighted by molar-refractivity contribution is 5.63. The molecule has 0 fully saturated rings. The second-order valence-electron chi connectivity index (χ2n) is 6.81. The summed E-state index contributed by atoms with van der Waals surface area (Å²) in [5, 5.41) is 14.0. The van der Waals surface area contributed by atoms with E-state index in [1.807, 2.05) is 106 Å². The van der Waals surface area contributed by atoms with E-state index in [2.05, 4.69) is 97.1 Å². The minimum Gasteiger partial charge on any atom is -0.400 e. The average molecular weight is 552 g/mol. The largest absolute Gasteiger partial charge is 0.400 e. The SMILES string of the molecule is CC.CC.CC.CC.CN(C)C.CO.CO.c1ccc(-c2ccccc2)cc1.c1ccc(-c2ccccc2)cc1. The van der Waals surface area contributed by atoms with Gasteiger partial charge in [-0.1, -0.05) is 177 Å². The quantitative estimate of drug-likeness (QED) is 0.260. The van der Waals surface area contributed by atoms with Crippen molar-refractivity contribution in [3.05, 3.63) is 121 Å². The van der Waals surface area contributed by atoms with Crippen molar-refractivity contribution in [2.75, 3.05) is 35.4 Å². The summed E-state index contributed by atoms with van der Waals surface area (Å²) in [6.07, 6.45) is 0. The third-order valence-electron chi connectivity index (χ3n) is 3.76. The lowest BCUT2D eigenvalue weighted by atomic mass is 10.1. The van der Waals surface area contributed by atoms with Crippen molar-refractivity contribution in [3.8, 4) is 22.3 Å². The molecule has 0 radical (unpaired) electrons. The molecule has 3 heteroatoms. The van der Waals surface area contributed by atoms with Gasteiger partial charge in [-0.25, -0.2) is 0 Å². The van der Waals surface area contributed by atoms with Crippen molar-refractivity contribution in [2.45, 2.75) is 55.4 Å². The lowest BCUT2D eigenvalue weighted by Crippen LogP contribution is -1.99. The zero-order valence-corrected chi connectivity index (χ0v) is 27.9. The molecule has 0 saturated heterocycles. The van der Waals surface area contributed by atoms with E-state index < -0.39 is 0 Å². The number of rotatable bonds is 2. The van der Waals surface area contributed by atoms with Gasteiger partial charge in [0, 0.05) is 14.2 Å². The fraction of sp³-hybridized carbons (Fsp3) is 0.351. The number of aliphatic hydroxyl groups excluding tert-OH is 2. The second kappa shape index (κ2) is 42.8. The Balaban J connectivity index is -0.000000136. The molecule has 0 spiro atoms. The van der Waals surface area contributed by atoms with Crippen molar-refractivity contribution in [1.82, 2.24) is 4.90 Å². The summed E-state index contributed by atoms with van der Waals surface area (Å²) < 4.78 is 0. The molecule has 0 aliphatic rings. The summed E-state index contributed by atoms with van der Waals surface area (Å²) >= 11 is 0. The smallest absolute Gasteiger partial charge is 0.0319 e. The van der Waals surface area contributed by atoms with Crippen molar-refractivity contribution in [1.29, 1.82) is 0 Å². The van der Waals surface area contributed by atoms with Gasteiger partial charge in [0.25, 0.3) is 0 Å². The van der Waals surface area contributed by atoms with Crippen LogP contribution in [0.4, 0.5) is 0 Å². The molecule has 4 aromatic rings. The van der Waals surface area contributed by atoms with Crippen molar-refractivity contribution < 1.29 is 10.2 Å². The Labute approximate surface area is 249 Å². The van der Waals surface area contributed by atoms with Gasteiger partial charge < -0.3 is 15.1 Å². The third kappa shape index (κ3) is 29.3. The van der Waals surface area contributed by atoms with Crippen molar-refractivity contribution >= 4 is 0 Å². The Morgan fingerprint density at radius 1 is 0.300 bits per heavy atom. The molecule has 3 nitrogen and oxygen atoms in total. The molecule has 226 valence electrons. The highest BCUT2D eigenvalue weighted by atomic mass is 16.2. The number of benzene rings is 4. The van der Waals surface area contributed by atoms with E-state index in [1.54, 1.807) is 0 Å². The van der Waals surface area contributed by atoms with Crippen LogP contribution in [0.2, 0.25) is 0 Å². The fourth-order valence-corrected chi connectivity index (χ4v) is 2.52. The van der Waals surface area contributed by atoms with Gasteiger partial charge in [-0.15, -0.1) is 0 Å². The molecule has 0 bridgehead atoms. The summed E-state index contributed by atoms with van der Waals surface area (Å²) in [5.41, 5.74) is 5.10. The Hall–Kier alpha value is -3.24. The molecule has 0 aliphatic heterocycles. The van der Waals surface area contributed by atoms with Gasteiger partial charge in [0.15, 0.2) is 0 Å². The van der Waals surface area contributed by atoms with E-state index in [-0.39, 0.29) is 0 Å². The van der Waals surface area contributed by atoms with Crippen molar-refractivity contribution in [3.63, 3.8) is 0 Å². The van der Waals surface area contributed by atoms with Crippen LogP contribution in [0.5, 0.6) is 0 Å². The van der Waals surface area contributed by atoms with E-state index in [1.165, 1.54) is 22.3 Å². The van der Waals surface area contributed by atoms with Gasteiger partial charge in [0.1, 0.15) is 0 Å². The van der Waals surface area contributed by atoms with Crippen LogP contribution in [-0.2, 0) is 0 Å². The molecule has 0 saturated carbocycles. The Morgan fingerprint density at radius 2 is 0.400 bits per heavy atom. The predicted octanol–water partition coefficient (Wildman–Crippen LogP) is 10.2. The molecular formula is C37H61NO2. The van der Waals surface area contributed by atoms with Crippen LogP contribution in [0.25, 0.3) is 22.3 Å². The zero-order chi connectivity index (χ0) is 32.0. The van der Waals surface area contributed by atoms with Gasteiger partial charge >= 0.3 is 0 Å². The van der Waals surface area contributed by atoms with Gasteiger partial charge in [-0.2, -0.15) is 0 Å². The van der Waals surface area contributed by atoms with E-state index in [9.17, 15) is 0 Å². The van der Waals surface area contributed by atoms with Crippen LogP contribution in [0.15, 0.2) is 121 Å². The van der Waals surface area contributed by atoms with Crippen LogP contribution in [0.3, 0.4) is 0 Å². The summed E-state index contributed by atoms with van der Waals surface area (Å²) in [6.45, 7) is 16.0. The minimum absolute atomic E-state index is 1.00. The molecular weight excluding hydrogens is 490 g/mol. The molecule has 0 amide bonds. The van der Waals surface area contributed by atoms with Crippen molar-refractivity contribution in [2.24, 2.45) is 0 Å². The maximum absolute atomic E-state index is 7.00. The van der Waals surface area contributed by atoms with E-state index in [4.69, 9.17) is 10.2 Å². The Morgan fingerprint density at radius 3 is 0.500 bits per heavy atom. The Kier molecular flexibility index (Phi) is 49.9. The molecule has 4 rings (SSSR count).